The second kappa shape index (κ2) is 3.34. The van der Waals surface area contributed by atoms with Gasteiger partial charge in [-0.3, -0.25) is 14.4 Å². The second-order valence-electron chi connectivity index (χ2n) is 3.33. The average molecular weight is 194 g/mol. The molecule has 0 saturated carbocycles. The maximum absolute atomic E-state index is 11.7. The van der Waals surface area contributed by atoms with Crippen LogP contribution in [0.4, 0.5) is 0 Å². The molecule has 5 heteroatoms. The van der Waals surface area contributed by atoms with Crippen molar-refractivity contribution in [3.8, 4) is 0 Å². The monoisotopic (exact) mass is 194 g/mol. The third-order valence-corrected chi connectivity index (χ3v) is 2.39. The molecule has 2 aliphatic rings. The molecule has 0 bridgehead atoms. The molecule has 3 amide bonds. The summed E-state index contributed by atoms with van der Waals surface area (Å²) in [5, 5.41) is 2.95. The van der Waals surface area contributed by atoms with Crippen molar-refractivity contribution in [2.75, 3.05) is 6.54 Å². The molecule has 14 heavy (non-hydrogen) atoms. The van der Waals surface area contributed by atoms with Gasteiger partial charge in [0.15, 0.2) is 0 Å². The van der Waals surface area contributed by atoms with Crippen molar-refractivity contribution in [2.45, 2.75) is 18.9 Å². The van der Waals surface area contributed by atoms with Gasteiger partial charge in [0.05, 0.1) is 6.04 Å². The van der Waals surface area contributed by atoms with Crippen molar-refractivity contribution in [3.05, 3.63) is 12.2 Å². The zero-order chi connectivity index (χ0) is 10.1. The van der Waals surface area contributed by atoms with Gasteiger partial charge in [-0.2, -0.15) is 0 Å². The smallest absolute Gasteiger partial charge is 0.260 e. The van der Waals surface area contributed by atoms with Crippen LogP contribution in [0.15, 0.2) is 12.2 Å². The summed E-state index contributed by atoms with van der Waals surface area (Å²) in [5.41, 5.74) is 0. The molecule has 1 N–H and O–H groups in total. The van der Waals surface area contributed by atoms with E-state index < -0.39 is 17.7 Å². The van der Waals surface area contributed by atoms with Crippen molar-refractivity contribution in [2.24, 2.45) is 0 Å². The molecule has 74 valence electrons. The normalized spacial score (nSPS) is 26.3. The predicted octanol–water partition coefficient (Wildman–Crippen LogP) is -0.810. The molecule has 1 unspecified atom stereocenters. The second-order valence-corrected chi connectivity index (χ2v) is 3.33. The maximum Gasteiger partial charge on any atom is 0.260 e. The fourth-order valence-corrected chi connectivity index (χ4v) is 1.67. The Balaban J connectivity index is 2.11. The van der Waals surface area contributed by atoms with Crippen LogP contribution in [0.25, 0.3) is 0 Å². The predicted molar refractivity (Wildman–Crippen MR) is 47.0 cm³/mol. The van der Waals surface area contributed by atoms with E-state index in [4.69, 9.17) is 0 Å². The van der Waals surface area contributed by atoms with E-state index in [0.29, 0.717) is 11.3 Å². The number of rotatable bonds is 1. The first kappa shape index (κ1) is 9.08. The molecule has 1 atom stereocenters. The van der Waals surface area contributed by atoms with Gasteiger partial charge >= 0.3 is 0 Å². The standard InChI is InChI=1S/C9H10N2O3/c12-7-3-4-8(13)11(7)9(14)6-2-1-5-10-6/h3-4,6,10H,1-2,5H2. The number of imide groups is 3. The summed E-state index contributed by atoms with van der Waals surface area (Å²) < 4.78 is 0. The molecule has 0 radical (unpaired) electrons. The maximum atomic E-state index is 11.7. The first-order valence-corrected chi connectivity index (χ1v) is 4.53. The van der Waals surface area contributed by atoms with Crippen LogP contribution in [0.5, 0.6) is 0 Å². The first-order chi connectivity index (χ1) is 6.70. The van der Waals surface area contributed by atoms with E-state index in [2.05, 4.69) is 5.32 Å². The lowest BCUT2D eigenvalue weighted by atomic mass is 10.2. The Morgan fingerprint density at radius 1 is 1.36 bits per heavy atom. The van der Waals surface area contributed by atoms with Gasteiger partial charge in [-0.1, -0.05) is 0 Å². The SMILES string of the molecule is O=C1C=CC(=O)N1C(=O)C1CCCN1. The molecule has 2 aliphatic heterocycles. The Hall–Kier alpha value is -1.49. The Morgan fingerprint density at radius 2 is 2.00 bits per heavy atom. The fourth-order valence-electron chi connectivity index (χ4n) is 1.67. The molecule has 0 aromatic carbocycles. The molecular weight excluding hydrogens is 184 g/mol. The van der Waals surface area contributed by atoms with E-state index in [1.807, 2.05) is 0 Å². The molecule has 0 aliphatic carbocycles. The average Bonchev–Trinajstić information content (AvgIpc) is 2.75. The number of nitrogens with one attached hydrogen (secondary N) is 1. The topological polar surface area (TPSA) is 66.5 Å². The van der Waals surface area contributed by atoms with Gasteiger partial charge < -0.3 is 5.32 Å². The van der Waals surface area contributed by atoms with Crippen molar-refractivity contribution >= 4 is 17.7 Å². The quantitative estimate of drug-likeness (QED) is 0.554. The highest BCUT2D eigenvalue weighted by Crippen LogP contribution is 2.12. The Labute approximate surface area is 80.8 Å². The van der Waals surface area contributed by atoms with E-state index in [1.54, 1.807) is 0 Å². The summed E-state index contributed by atoms with van der Waals surface area (Å²) in [6.45, 7) is 0.764. The van der Waals surface area contributed by atoms with Crippen molar-refractivity contribution in [1.29, 1.82) is 0 Å². The minimum atomic E-state index is -0.534. The van der Waals surface area contributed by atoms with Crippen LogP contribution in [-0.4, -0.2) is 35.2 Å². The molecule has 2 heterocycles. The minimum Gasteiger partial charge on any atom is -0.306 e. The van der Waals surface area contributed by atoms with Crippen LogP contribution >= 0.6 is 0 Å². The summed E-state index contributed by atoms with van der Waals surface area (Å²) in [5.74, 6) is -1.50. The molecule has 1 fully saturated rings. The number of hydrogen-bond donors (Lipinski definition) is 1. The number of hydrogen-bond acceptors (Lipinski definition) is 4. The van der Waals surface area contributed by atoms with Gasteiger partial charge in [0.2, 0.25) is 0 Å². The number of carbonyl (C=O) groups is 3. The van der Waals surface area contributed by atoms with Crippen molar-refractivity contribution < 1.29 is 14.4 Å². The summed E-state index contributed by atoms with van der Waals surface area (Å²) in [6, 6.07) is -0.372. The number of carbonyl (C=O) groups excluding carboxylic acids is 3. The van der Waals surface area contributed by atoms with Gasteiger partial charge in [-0.15, -0.1) is 0 Å². The highest BCUT2D eigenvalue weighted by atomic mass is 16.2. The third kappa shape index (κ3) is 1.35. The van der Waals surface area contributed by atoms with E-state index in [0.717, 1.165) is 25.1 Å². The fraction of sp³-hybridized carbons (Fsp3) is 0.444. The molecule has 1 saturated heterocycles. The van der Waals surface area contributed by atoms with Gasteiger partial charge in [0.1, 0.15) is 0 Å². The van der Waals surface area contributed by atoms with Crippen LogP contribution in [-0.2, 0) is 14.4 Å². The van der Waals surface area contributed by atoms with Crippen molar-refractivity contribution in [1.82, 2.24) is 10.2 Å². The largest absolute Gasteiger partial charge is 0.306 e. The molecular formula is C9H10N2O3. The third-order valence-electron chi connectivity index (χ3n) is 2.39. The zero-order valence-electron chi connectivity index (χ0n) is 7.53. The van der Waals surface area contributed by atoms with Gasteiger partial charge in [0.25, 0.3) is 17.7 Å². The number of nitrogens with zero attached hydrogens (tertiary/aromatic N) is 1. The van der Waals surface area contributed by atoms with Gasteiger partial charge in [0, 0.05) is 12.2 Å². The van der Waals surface area contributed by atoms with Crippen LogP contribution in [0.3, 0.4) is 0 Å². The summed E-state index contributed by atoms with van der Waals surface area (Å²) >= 11 is 0. The van der Waals surface area contributed by atoms with Gasteiger partial charge in [-0.25, -0.2) is 4.90 Å². The lowest BCUT2D eigenvalue weighted by molar-refractivity contribution is -0.149. The zero-order valence-corrected chi connectivity index (χ0v) is 7.53. The van der Waals surface area contributed by atoms with Crippen LogP contribution in [0, 0.1) is 0 Å². The molecule has 0 aromatic rings. The van der Waals surface area contributed by atoms with E-state index in [1.165, 1.54) is 0 Å². The molecule has 0 aromatic heterocycles. The lowest BCUT2D eigenvalue weighted by Gasteiger charge is -2.16. The Bertz CT molecular complexity index is 311. The molecule has 2 rings (SSSR count). The first-order valence-electron chi connectivity index (χ1n) is 4.53. The van der Waals surface area contributed by atoms with Crippen LogP contribution < -0.4 is 5.32 Å². The summed E-state index contributed by atoms with van der Waals surface area (Å²) in [6.07, 6.45) is 3.83. The van der Waals surface area contributed by atoms with Crippen LogP contribution in [0.2, 0.25) is 0 Å². The highest BCUT2D eigenvalue weighted by molar-refractivity contribution is 6.23. The molecule has 0 spiro atoms. The van der Waals surface area contributed by atoms with E-state index in [-0.39, 0.29) is 6.04 Å². The minimum absolute atomic E-state index is 0.372. The van der Waals surface area contributed by atoms with Crippen molar-refractivity contribution in [3.63, 3.8) is 0 Å². The van der Waals surface area contributed by atoms with Crippen LogP contribution in [0.1, 0.15) is 12.8 Å². The lowest BCUT2D eigenvalue weighted by Crippen LogP contribution is -2.46. The Morgan fingerprint density at radius 3 is 2.50 bits per heavy atom. The van der Waals surface area contributed by atoms with E-state index >= 15 is 0 Å². The highest BCUT2D eigenvalue weighted by Gasteiger charge is 2.35. The van der Waals surface area contributed by atoms with E-state index in [9.17, 15) is 14.4 Å². The summed E-state index contributed by atoms with van der Waals surface area (Å²) in [7, 11) is 0. The Kier molecular flexibility index (Phi) is 2.17. The van der Waals surface area contributed by atoms with Gasteiger partial charge in [-0.05, 0) is 19.4 Å². The molecule has 5 nitrogen and oxygen atoms in total. The number of amides is 3. The summed E-state index contributed by atoms with van der Waals surface area (Å²) in [4.78, 5) is 34.7.